The molecule has 0 spiro atoms. The minimum absolute atomic E-state index is 0.121. The highest BCUT2D eigenvalue weighted by atomic mass is 16.3. The first-order valence-electron chi connectivity index (χ1n) is 6.43. The quantitative estimate of drug-likeness (QED) is 0.770. The van der Waals surface area contributed by atoms with Crippen molar-refractivity contribution in [2.75, 3.05) is 25.0 Å². The molecule has 0 bridgehead atoms. The van der Waals surface area contributed by atoms with Crippen LogP contribution in [0.2, 0.25) is 0 Å². The summed E-state index contributed by atoms with van der Waals surface area (Å²) in [7, 11) is 1.80. The van der Waals surface area contributed by atoms with E-state index in [1.54, 1.807) is 11.9 Å². The minimum Gasteiger partial charge on any atom is -0.384 e. The number of rotatable bonds is 1. The maximum absolute atomic E-state index is 11.6. The number of carbonyl (C=O) groups is 1. The molecule has 4 heteroatoms. The van der Waals surface area contributed by atoms with Gasteiger partial charge in [-0.15, -0.1) is 0 Å². The summed E-state index contributed by atoms with van der Waals surface area (Å²) in [6.45, 7) is 1.56. The molecule has 2 heterocycles. The molecule has 2 N–H and O–H groups in total. The molecule has 4 nitrogen and oxygen atoms in total. The fourth-order valence-corrected chi connectivity index (χ4v) is 2.90. The van der Waals surface area contributed by atoms with Crippen molar-refractivity contribution in [2.24, 2.45) is 0 Å². The lowest BCUT2D eigenvalue weighted by molar-refractivity contribution is -0.117. The van der Waals surface area contributed by atoms with E-state index in [9.17, 15) is 9.90 Å². The van der Waals surface area contributed by atoms with Crippen molar-refractivity contribution in [3.05, 3.63) is 29.3 Å². The van der Waals surface area contributed by atoms with E-state index in [0.29, 0.717) is 13.0 Å². The third-order valence-electron chi connectivity index (χ3n) is 4.06. The molecule has 1 unspecified atom stereocenters. The summed E-state index contributed by atoms with van der Waals surface area (Å²) in [5, 5.41) is 13.9. The number of likely N-dealkylation sites (N-methyl/N-ethyl adjacent to an activating group) is 1. The second-order valence-electron chi connectivity index (χ2n) is 5.28. The number of β-amino-alcohol motifs (C(OH)–C–C–N with tert-alkyl or cyclic N) is 1. The van der Waals surface area contributed by atoms with Crippen molar-refractivity contribution in [3.63, 3.8) is 0 Å². The zero-order valence-corrected chi connectivity index (χ0v) is 10.6. The van der Waals surface area contributed by atoms with Gasteiger partial charge in [0.05, 0.1) is 6.42 Å². The van der Waals surface area contributed by atoms with Crippen LogP contribution in [0, 0.1) is 0 Å². The highest BCUT2D eigenvalue weighted by molar-refractivity contribution is 6.00. The lowest BCUT2D eigenvalue weighted by Crippen LogP contribution is -2.43. The van der Waals surface area contributed by atoms with Crippen molar-refractivity contribution < 1.29 is 9.90 Å². The lowest BCUT2D eigenvalue weighted by Gasteiger charge is -2.33. The number of benzene rings is 1. The number of hydrogen-bond donors (Lipinski definition) is 2. The fourth-order valence-electron chi connectivity index (χ4n) is 2.90. The third-order valence-corrected chi connectivity index (χ3v) is 4.06. The number of nitrogens with one attached hydrogen (secondary N) is 1. The molecule has 2 aliphatic heterocycles. The summed E-state index contributed by atoms with van der Waals surface area (Å²) in [5.74, 6) is 0.121. The highest BCUT2D eigenvalue weighted by Gasteiger charge is 2.33. The third kappa shape index (κ3) is 1.72. The van der Waals surface area contributed by atoms with Crippen LogP contribution in [-0.4, -0.2) is 31.2 Å². The molecule has 0 aliphatic carbocycles. The molecule has 2 aliphatic rings. The van der Waals surface area contributed by atoms with E-state index in [4.69, 9.17) is 0 Å². The largest absolute Gasteiger partial charge is 0.384 e. The van der Waals surface area contributed by atoms with Crippen molar-refractivity contribution in [2.45, 2.75) is 24.9 Å². The Morgan fingerprint density at radius 1 is 1.44 bits per heavy atom. The van der Waals surface area contributed by atoms with Gasteiger partial charge in [0.1, 0.15) is 5.60 Å². The standard InChI is InChI=1S/C14H18N2O2/c1-16-12-4-3-11(7-10(12)8-13(16)17)14(18)5-2-6-15-9-14/h3-4,7,15,18H,2,5-6,8-9H2,1H3. The molecule has 3 rings (SSSR count). The second kappa shape index (κ2) is 4.07. The molecule has 1 fully saturated rings. The van der Waals surface area contributed by atoms with Crippen LogP contribution < -0.4 is 10.2 Å². The van der Waals surface area contributed by atoms with Crippen LogP contribution in [0.1, 0.15) is 24.0 Å². The molecule has 0 radical (unpaired) electrons. The van der Waals surface area contributed by atoms with Gasteiger partial charge in [0.15, 0.2) is 0 Å². The Bertz CT molecular complexity index is 493. The molecule has 1 aromatic rings. The molecular formula is C14H18N2O2. The Labute approximate surface area is 107 Å². The number of hydrogen-bond acceptors (Lipinski definition) is 3. The fraction of sp³-hybridized carbons (Fsp3) is 0.500. The van der Waals surface area contributed by atoms with Crippen LogP contribution in [0.25, 0.3) is 0 Å². The van der Waals surface area contributed by atoms with Crippen molar-refractivity contribution in [3.8, 4) is 0 Å². The minimum atomic E-state index is -0.780. The average molecular weight is 246 g/mol. The van der Waals surface area contributed by atoms with Crippen LogP contribution in [0.3, 0.4) is 0 Å². The Kier molecular flexibility index (Phi) is 2.64. The van der Waals surface area contributed by atoms with E-state index >= 15 is 0 Å². The van der Waals surface area contributed by atoms with Crippen molar-refractivity contribution in [1.29, 1.82) is 0 Å². The Hall–Kier alpha value is -1.39. The summed E-state index contributed by atoms with van der Waals surface area (Å²) >= 11 is 0. The van der Waals surface area contributed by atoms with Gasteiger partial charge < -0.3 is 15.3 Å². The van der Waals surface area contributed by atoms with Gasteiger partial charge in [0.25, 0.3) is 0 Å². The van der Waals surface area contributed by atoms with E-state index < -0.39 is 5.60 Å². The average Bonchev–Trinajstić information content (AvgIpc) is 2.66. The van der Waals surface area contributed by atoms with Gasteiger partial charge in [-0.1, -0.05) is 12.1 Å². The van der Waals surface area contributed by atoms with Crippen molar-refractivity contribution >= 4 is 11.6 Å². The zero-order valence-electron chi connectivity index (χ0n) is 10.6. The highest BCUT2D eigenvalue weighted by Crippen LogP contribution is 2.34. The van der Waals surface area contributed by atoms with Gasteiger partial charge in [-0.25, -0.2) is 0 Å². The molecule has 1 aromatic carbocycles. The van der Waals surface area contributed by atoms with Gasteiger partial charge in [-0.3, -0.25) is 4.79 Å². The van der Waals surface area contributed by atoms with E-state index in [-0.39, 0.29) is 5.91 Å². The second-order valence-corrected chi connectivity index (χ2v) is 5.28. The van der Waals surface area contributed by atoms with E-state index in [1.165, 1.54) is 0 Å². The first-order chi connectivity index (χ1) is 8.60. The maximum atomic E-state index is 11.6. The Morgan fingerprint density at radius 2 is 2.28 bits per heavy atom. The van der Waals surface area contributed by atoms with E-state index in [0.717, 1.165) is 36.2 Å². The topological polar surface area (TPSA) is 52.6 Å². The molecule has 18 heavy (non-hydrogen) atoms. The normalized spacial score (nSPS) is 27.4. The molecule has 0 aromatic heterocycles. The van der Waals surface area contributed by atoms with Gasteiger partial charge in [0, 0.05) is 19.3 Å². The van der Waals surface area contributed by atoms with Crippen LogP contribution in [0.4, 0.5) is 5.69 Å². The lowest BCUT2D eigenvalue weighted by atomic mass is 9.85. The Balaban J connectivity index is 1.96. The molecule has 1 saturated heterocycles. The molecule has 1 amide bonds. The van der Waals surface area contributed by atoms with Crippen LogP contribution in [0.5, 0.6) is 0 Å². The van der Waals surface area contributed by atoms with E-state index in [2.05, 4.69) is 5.32 Å². The summed E-state index contributed by atoms with van der Waals surface area (Å²) in [4.78, 5) is 13.3. The number of amides is 1. The van der Waals surface area contributed by atoms with Gasteiger partial charge in [-0.05, 0) is 36.6 Å². The number of aliphatic hydroxyl groups is 1. The first-order valence-corrected chi connectivity index (χ1v) is 6.43. The first kappa shape index (κ1) is 11.7. The smallest absolute Gasteiger partial charge is 0.231 e. The number of piperidine rings is 1. The zero-order chi connectivity index (χ0) is 12.8. The van der Waals surface area contributed by atoms with Crippen LogP contribution in [-0.2, 0) is 16.8 Å². The summed E-state index contributed by atoms with van der Waals surface area (Å²) < 4.78 is 0. The van der Waals surface area contributed by atoms with Crippen LogP contribution in [0.15, 0.2) is 18.2 Å². The monoisotopic (exact) mass is 246 g/mol. The van der Waals surface area contributed by atoms with Crippen molar-refractivity contribution in [1.82, 2.24) is 5.32 Å². The van der Waals surface area contributed by atoms with E-state index in [1.807, 2.05) is 18.2 Å². The predicted octanol–water partition coefficient (Wildman–Crippen LogP) is 0.776. The SMILES string of the molecule is CN1C(=O)Cc2cc(C3(O)CCCNC3)ccc21. The molecular weight excluding hydrogens is 228 g/mol. The molecule has 96 valence electrons. The number of fused-ring (bicyclic) bond motifs is 1. The summed E-state index contributed by atoms with van der Waals surface area (Å²) in [6.07, 6.45) is 2.21. The molecule has 1 atom stereocenters. The molecule has 0 saturated carbocycles. The Morgan fingerprint density at radius 3 is 3.00 bits per heavy atom. The van der Waals surface area contributed by atoms with Gasteiger partial charge in [0.2, 0.25) is 5.91 Å². The number of anilines is 1. The van der Waals surface area contributed by atoms with Crippen LogP contribution >= 0.6 is 0 Å². The number of nitrogens with zero attached hydrogens (tertiary/aromatic N) is 1. The van der Waals surface area contributed by atoms with Gasteiger partial charge >= 0.3 is 0 Å². The summed E-state index contributed by atoms with van der Waals surface area (Å²) in [5.41, 5.74) is 2.14. The summed E-state index contributed by atoms with van der Waals surface area (Å²) in [6, 6.07) is 5.88. The predicted molar refractivity (Wildman–Crippen MR) is 69.6 cm³/mol. The van der Waals surface area contributed by atoms with Gasteiger partial charge in [-0.2, -0.15) is 0 Å². The maximum Gasteiger partial charge on any atom is 0.231 e. The number of carbonyl (C=O) groups excluding carboxylic acids is 1.